The van der Waals surface area contributed by atoms with E-state index in [4.69, 9.17) is 5.73 Å². The second-order valence-electron chi connectivity index (χ2n) is 5.82. The number of nitrogens with two attached hydrogens (primary N) is 1. The number of hydrogen-bond acceptors (Lipinski definition) is 6. The second-order valence-corrected chi connectivity index (χ2v) is 6.60. The van der Waals surface area contributed by atoms with Crippen molar-refractivity contribution >= 4 is 28.9 Å². The Balaban J connectivity index is 1.72. The van der Waals surface area contributed by atoms with Gasteiger partial charge in [-0.25, -0.2) is 0 Å². The third-order valence-electron chi connectivity index (χ3n) is 3.64. The fourth-order valence-electron chi connectivity index (χ4n) is 2.48. The molecule has 24 heavy (non-hydrogen) atoms. The topological polar surface area (TPSA) is 81.2 Å². The van der Waals surface area contributed by atoms with Gasteiger partial charge in [0.25, 0.3) is 0 Å². The van der Waals surface area contributed by atoms with Crippen LogP contribution in [0.4, 0.5) is 17.6 Å². The molecule has 0 aliphatic heterocycles. The highest BCUT2D eigenvalue weighted by Gasteiger charge is 2.11. The molecule has 0 bridgehead atoms. The van der Waals surface area contributed by atoms with E-state index in [-0.39, 0.29) is 5.95 Å². The molecule has 0 saturated heterocycles. The fraction of sp³-hybridized carbons (Fsp3) is 0.235. The molecule has 0 radical (unpaired) electrons. The van der Waals surface area contributed by atoms with Gasteiger partial charge in [0.15, 0.2) is 5.82 Å². The first-order chi connectivity index (χ1) is 11.6. The molecule has 0 aliphatic carbocycles. The van der Waals surface area contributed by atoms with Gasteiger partial charge in [-0.2, -0.15) is 26.3 Å². The highest BCUT2D eigenvalue weighted by atomic mass is 32.1. The summed E-state index contributed by atoms with van der Waals surface area (Å²) in [6, 6.07) is 10.1. The van der Waals surface area contributed by atoms with E-state index >= 15 is 0 Å². The summed E-state index contributed by atoms with van der Waals surface area (Å²) in [6.45, 7) is 3.65. The van der Waals surface area contributed by atoms with Crippen LogP contribution in [0.1, 0.15) is 17.0 Å². The highest BCUT2D eigenvalue weighted by Crippen LogP contribution is 2.17. The smallest absolute Gasteiger partial charge is 0.232 e. The van der Waals surface area contributed by atoms with Crippen LogP contribution < -0.4 is 16.0 Å². The Kier molecular flexibility index (Phi) is 5.02. The zero-order valence-electron chi connectivity index (χ0n) is 13.8. The van der Waals surface area contributed by atoms with Gasteiger partial charge in [0.05, 0.1) is 7.05 Å². The van der Waals surface area contributed by atoms with Crippen LogP contribution >= 0.6 is 11.3 Å². The average Bonchev–Trinajstić information content (AvgIpc) is 3.01. The Morgan fingerprint density at radius 1 is 1.12 bits per heavy atom. The highest BCUT2D eigenvalue weighted by molar-refractivity contribution is 7.07. The number of quaternary nitrogens is 1. The number of anilines is 3. The predicted octanol–water partition coefficient (Wildman–Crippen LogP) is 1.78. The summed E-state index contributed by atoms with van der Waals surface area (Å²) in [5.41, 5.74) is 9.26. The molecule has 1 atom stereocenters. The quantitative estimate of drug-likeness (QED) is 0.637. The molecule has 2 aromatic heterocycles. The summed E-state index contributed by atoms with van der Waals surface area (Å²) in [6.07, 6.45) is 0. The molecule has 3 rings (SSSR count). The summed E-state index contributed by atoms with van der Waals surface area (Å²) < 4.78 is 0. The SMILES string of the molecule is Cc1ccccc1Nc1nc(N)nc(C[NH+](C)Cc2ccsc2)n1. The Labute approximate surface area is 145 Å². The molecule has 2 heterocycles. The Morgan fingerprint density at radius 3 is 2.71 bits per heavy atom. The zero-order valence-corrected chi connectivity index (χ0v) is 14.6. The number of para-hydroxylation sites is 1. The van der Waals surface area contributed by atoms with Crippen LogP contribution in [0.5, 0.6) is 0 Å². The maximum absolute atomic E-state index is 5.85. The Hall–Kier alpha value is -2.51. The molecule has 4 N–H and O–H groups in total. The number of rotatable bonds is 6. The second kappa shape index (κ2) is 7.37. The third kappa shape index (κ3) is 4.27. The monoisotopic (exact) mass is 341 g/mol. The lowest BCUT2D eigenvalue weighted by molar-refractivity contribution is -0.908. The van der Waals surface area contributed by atoms with Crippen molar-refractivity contribution < 1.29 is 4.90 Å². The summed E-state index contributed by atoms with van der Waals surface area (Å²) in [5, 5.41) is 7.48. The van der Waals surface area contributed by atoms with Crippen molar-refractivity contribution in [1.82, 2.24) is 15.0 Å². The van der Waals surface area contributed by atoms with E-state index in [2.05, 4.69) is 44.1 Å². The van der Waals surface area contributed by atoms with Gasteiger partial charge in [0.2, 0.25) is 11.9 Å². The fourth-order valence-corrected chi connectivity index (χ4v) is 3.15. The minimum absolute atomic E-state index is 0.236. The molecule has 6 nitrogen and oxygen atoms in total. The van der Waals surface area contributed by atoms with E-state index in [0.717, 1.165) is 17.8 Å². The van der Waals surface area contributed by atoms with Crippen molar-refractivity contribution in [1.29, 1.82) is 0 Å². The lowest BCUT2D eigenvalue weighted by Crippen LogP contribution is -3.06. The number of nitrogen functional groups attached to an aromatic ring is 1. The maximum atomic E-state index is 5.85. The van der Waals surface area contributed by atoms with Gasteiger partial charge in [-0.1, -0.05) is 18.2 Å². The number of aryl methyl sites for hydroxylation is 1. The van der Waals surface area contributed by atoms with E-state index in [1.807, 2.05) is 31.2 Å². The maximum Gasteiger partial charge on any atom is 0.232 e. The zero-order chi connectivity index (χ0) is 16.9. The standard InChI is InChI=1S/C17H20N6S/c1-12-5-3-4-6-14(12)19-17-21-15(20-16(18)22-17)10-23(2)9-13-7-8-24-11-13/h3-8,11H,9-10H2,1-2H3,(H3,18,19,20,21,22)/p+1. The van der Waals surface area contributed by atoms with Crippen molar-refractivity contribution in [2.45, 2.75) is 20.0 Å². The van der Waals surface area contributed by atoms with Gasteiger partial charge < -0.3 is 16.0 Å². The van der Waals surface area contributed by atoms with E-state index in [1.54, 1.807) is 11.3 Å². The third-order valence-corrected chi connectivity index (χ3v) is 4.37. The first kappa shape index (κ1) is 16.4. The predicted molar refractivity (Wildman–Crippen MR) is 97.3 cm³/mol. The number of benzene rings is 1. The van der Waals surface area contributed by atoms with E-state index in [9.17, 15) is 0 Å². The van der Waals surface area contributed by atoms with Crippen molar-refractivity contribution in [3.63, 3.8) is 0 Å². The van der Waals surface area contributed by atoms with Crippen LogP contribution in [0, 0.1) is 6.92 Å². The van der Waals surface area contributed by atoms with Crippen LogP contribution in [0.2, 0.25) is 0 Å². The summed E-state index contributed by atoms with van der Waals surface area (Å²) in [7, 11) is 2.12. The van der Waals surface area contributed by atoms with Crippen LogP contribution in [0.25, 0.3) is 0 Å². The molecular weight excluding hydrogens is 320 g/mol. The molecule has 0 amide bonds. The van der Waals surface area contributed by atoms with Gasteiger partial charge in [-0.05, 0) is 35.4 Å². The van der Waals surface area contributed by atoms with Crippen LogP contribution in [-0.2, 0) is 13.1 Å². The lowest BCUT2D eigenvalue weighted by atomic mass is 10.2. The number of aromatic nitrogens is 3. The summed E-state index contributed by atoms with van der Waals surface area (Å²) in [4.78, 5) is 14.3. The number of nitrogens with one attached hydrogen (secondary N) is 2. The molecule has 0 spiro atoms. The van der Waals surface area contributed by atoms with Crippen molar-refractivity contribution in [3.05, 3.63) is 58.0 Å². The van der Waals surface area contributed by atoms with E-state index in [0.29, 0.717) is 18.3 Å². The summed E-state index contributed by atoms with van der Waals surface area (Å²) >= 11 is 1.71. The minimum Gasteiger partial charge on any atom is -0.368 e. The number of hydrogen-bond donors (Lipinski definition) is 3. The number of thiophene rings is 1. The Bertz CT molecular complexity index is 803. The lowest BCUT2D eigenvalue weighted by Gasteiger charge is -2.13. The molecule has 0 fully saturated rings. The molecule has 1 aromatic carbocycles. The Morgan fingerprint density at radius 2 is 1.96 bits per heavy atom. The van der Waals surface area contributed by atoms with Gasteiger partial charge in [-0.15, -0.1) is 0 Å². The van der Waals surface area contributed by atoms with Gasteiger partial charge >= 0.3 is 0 Å². The molecule has 7 heteroatoms. The number of nitrogens with zero attached hydrogens (tertiary/aromatic N) is 3. The van der Waals surface area contributed by atoms with E-state index < -0.39 is 0 Å². The van der Waals surface area contributed by atoms with Crippen molar-refractivity contribution in [2.75, 3.05) is 18.1 Å². The van der Waals surface area contributed by atoms with E-state index in [1.165, 1.54) is 10.5 Å². The van der Waals surface area contributed by atoms with Crippen molar-refractivity contribution in [3.8, 4) is 0 Å². The van der Waals surface area contributed by atoms with Gasteiger partial charge in [0, 0.05) is 11.3 Å². The molecule has 124 valence electrons. The van der Waals surface area contributed by atoms with Crippen LogP contribution in [0.3, 0.4) is 0 Å². The molecule has 0 saturated carbocycles. The average molecular weight is 341 g/mol. The first-order valence-corrected chi connectivity index (χ1v) is 8.70. The van der Waals surface area contributed by atoms with Gasteiger partial charge in [-0.3, -0.25) is 0 Å². The van der Waals surface area contributed by atoms with Crippen LogP contribution in [-0.4, -0.2) is 22.0 Å². The molecule has 0 aliphatic rings. The normalized spacial score (nSPS) is 12.1. The molecule has 1 unspecified atom stereocenters. The molecular formula is C17H21N6S+. The molecule has 3 aromatic rings. The van der Waals surface area contributed by atoms with Gasteiger partial charge in [0.1, 0.15) is 13.1 Å². The minimum atomic E-state index is 0.236. The van der Waals surface area contributed by atoms with Crippen molar-refractivity contribution in [2.24, 2.45) is 0 Å². The summed E-state index contributed by atoms with van der Waals surface area (Å²) in [5.74, 6) is 1.40. The largest absolute Gasteiger partial charge is 0.368 e. The van der Waals surface area contributed by atoms with Crippen LogP contribution in [0.15, 0.2) is 41.1 Å². The first-order valence-electron chi connectivity index (χ1n) is 7.75.